The Balaban J connectivity index is 0. The third-order valence-electron chi connectivity index (χ3n) is 0. The van der Waals surface area contributed by atoms with Crippen molar-refractivity contribution in [3.05, 3.63) is 10.4 Å². The Kier molecular flexibility index (Phi) is 80.4. The predicted molar refractivity (Wildman–Crippen MR) is 15.2 cm³/mol. The number of nitrogens with zero attached hydrogens (tertiary/aromatic N) is 2. The minimum absolute atomic E-state index is 0. The summed E-state index contributed by atoms with van der Waals surface area (Å²) in [7, 11) is 0. The molecule has 0 fully saturated rings. The van der Waals surface area contributed by atoms with Crippen molar-refractivity contribution in [2.24, 2.45) is 0 Å². The van der Waals surface area contributed by atoms with Crippen LogP contribution >= 0.6 is 0 Å². The highest BCUT2D eigenvalue weighted by Gasteiger charge is 0.973. The smallest absolute Gasteiger partial charge is 0 e. The van der Waals surface area contributed by atoms with Gasteiger partial charge >= 0.3 is 0 Å². The third kappa shape index (κ3) is 0.495. The SMILES string of the molecule is [B].[N-]=[N+]=N. The predicted octanol–water partition coefficient (Wildman–Crippen LogP) is 0.495. The van der Waals surface area contributed by atoms with Gasteiger partial charge in [-0.05, 0) is 10.4 Å². The first kappa shape index (κ1) is 10.1. The van der Waals surface area contributed by atoms with Crippen molar-refractivity contribution in [2.45, 2.75) is 0 Å². The van der Waals surface area contributed by atoms with E-state index in [0.717, 1.165) is 0 Å². The molecule has 0 aromatic carbocycles. The van der Waals surface area contributed by atoms with E-state index in [1.165, 1.54) is 0 Å². The van der Waals surface area contributed by atoms with E-state index < -0.39 is 0 Å². The number of hydrogen-bond acceptors (Lipinski definition) is 1. The number of hydrogen-bond donors (Lipinski definition) is 1. The second-order valence-electron chi connectivity index (χ2n) is 0.100. The molecule has 0 unspecified atom stereocenters. The molecule has 4 heavy (non-hydrogen) atoms. The monoisotopic (exact) mass is 54.0 g/mol. The lowest BCUT2D eigenvalue weighted by molar-refractivity contribution is 1.45. The first-order valence-corrected chi connectivity index (χ1v) is 0.424. The van der Waals surface area contributed by atoms with E-state index in [-0.39, 0.29) is 8.41 Å². The van der Waals surface area contributed by atoms with E-state index in [0.29, 0.717) is 0 Å². The van der Waals surface area contributed by atoms with Gasteiger partial charge in [0.25, 0.3) is 0 Å². The van der Waals surface area contributed by atoms with Crippen molar-refractivity contribution in [1.82, 2.24) is 0 Å². The fraction of sp³-hybridized carbons (Fsp3) is 0. The molecule has 0 aliphatic rings. The summed E-state index contributed by atoms with van der Waals surface area (Å²) in [5.74, 6) is 0. The molecule has 0 aliphatic heterocycles. The van der Waals surface area contributed by atoms with Crippen LogP contribution in [0, 0.1) is 5.53 Å². The Morgan fingerprint density at radius 3 is 1.75 bits per heavy atom. The molecule has 0 saturated heterocycles. The van der Waals surface area contributed by atoms with E-state index in [1.807, 2.05) is 0 Å². The van der Waals surface area contributed by atoms with Crippen LogP contribution in [-0.2, 0) is 0 Å². The first-order chi connectivity index (χ1) is 1.41. The van der Waals surface area contributed by atoms with E-state index in [1.54, 1.807) is 4.91 Å². The summed E-state index contributed by atoms with van der Waals surface area (Å²) >= 11 is 0. The fourth-order valence-corrected chi connectivity index (χ4v) is 0. The zero-order valence-electron chi connectivity index (χ0n) is 1.97. The molecular formula is HBN3. The van der Waals surface area contributed by atoms with E-state index in [4.69, 9.17) is 11.1 Å². The van der Waals surface area contributed by atoms with Crippen LogP contribution < -0.4 is 0 Å². The van der Waals surface area contributed by atoms with Crippen LogP contribution in [0.5, 0.6) is 0 Å². The molecule has 0 saturated carbocycles. The van der Waals surface area contributed by atoms with E-state index in [9.17, 15) is 0 Å². The highest BCUT2D eigenvalue weighted by atomic mass is 15.0. The molecule has 19 valence electrons. The second-order valence-corrected chi connectivity index (χ2v) is 0.100. The minimum Gasteiger partial charge on any atom is -0.108 e. The Hall–Kier alpha value is -0.625. The van der Waals surface area contributed by atoms with Crippen LogP contribution in [0.2, 0.25) is 0 Å². The first-order valence-electron chi connectivity index (χ1n) is 0.424. The number of rotatable bonds is 0. The van der Waals surface area contributed by atoms with Crippen molar-refractivity contribution < 1.29 is 0 Å². The van der Waals surface area contributed by atoms with Gasteiger partial charge in [-0.25, -0.2) is 0 Å². The summed E-state index contributed by atoms with van der Waals surface area (Å²) in [4.78, 5) is 1.75. The molecule has 0 aromatic heterocycles. The average Bonchev–Trinajstić information content (AvgIpc) is 0.918. The van der Waals surface area contributed by atoms with Gasteiger partial charge in [0.1, 0.15) is 0 Å². The maximum Gasteiger partial charge on any atom is 0 e. The maximum atomic E-state index is 6.86. The van der Waals surface area contributed by atoms with Crippen molar-refractivity contribution in [2.75, 3.05) is 0 Å². The molecule has 1 N–H and O–H groups in total. The second kappa shape index (κ2) is 31.9. The van der Waals surface area contributed by atoms with Gasteiger partial charge in [-0.1, -0.05) is 0 Å². The number of nitrogens with one attached hydrogen (secondary N) is 1. The molecule has 0 bridgehead atoms. The van der Waals surface area contributed by atoms with Crippen LogP contribution in [0.4, 0.5) is 0 Å². The molecular weight excluding hydrogens is 52.8 g/mol. The van der Waals surface area contributed by atoms with Crippen LogP contribution in [-0.4, -0.2) is 8.41 Å². The summed E-state index contributed by atoms with van der Waals surface area (Å²) in [6, 6.07) is 0. The van der Waals surface area contributed by atoms with E-state index in [2.05, 4.69) is 0 Å². The van der Waals surface area contributed by atoms with Crippen LogP contribution in [0.1, 0.15) is 0 Å². The Labute approximate surface area is 25.6 Å². The fourth-order valence-electron chi connectivity index (χ4n) is 0. The van der Waals surface area contributed by atoms with Crippen molar-refractivity contribution in [1.29, 1.82) is 5.53 Å². The topological polar surface area (TPSA) is 60.3 Å². The summed E-state index contributed by atoms with van der Waals surface area (Å²) in [5, 5.41) is 0. The molecule has 0 aromatic rings. The lowest BCUT2D eigenvalue weighted by Gasteiger charge is -1.03. The maximum absolute atomic E-state index is 6.86. The van der Waals surface area contributed by atoms with Crippen molar-refractivity contribution in [3.63, 3.8) is 0 Å². The Morgan fingerprint density at radius 2 is 1.75 bits per heavy atom. The third-order valence-corrected chi connectivity index (χ3v) is 0. The van der Waals surface area contributed by atoms with Gasteiger partial charge in [0.15, 0.2) is 0 Å². The lowest BCUT2D eigenvalue weighted by atomic mass is 10.8. The standard InChI is InChI=1S/B.HN3/c;1-3-2/h;1H. The molecule has 0 rings (SSSR count). The molecule has 0 spiro atoms. The molecule has 0 atom stereocenters. The summed E-state index contributed by atoms with van der Waals surface area (Å²) in [6.07, 6.45) is 0. The van der Waals surface area contributed by atoms with Crippen LogP contribution in [0.15, 0.2) is 0 Å². The summed E-state index contributed by atoms with van der Waals surface area (Å²) in [5.41, 5.74) is 12.2. The van der Waals surface area contributed by atoms with Gasteiger partial charge in [-0.15, -0.1) is 5.53 Å². The van der Waals surface area contributed by atoms with Crippen LogP contribution in [0.3, 0.4) is 0 Å². The van der Waals surface area contributed by atoms with E-state index >= 15 is 0 Å². The van der Waals surface area contributed by atoms with Gasteiger partial charge < -0.3 is 0 Å². The highest BCUT2D eigenvalue weighted by Crippen LogP contribution is 1.24. The van der Waals surface area contributed by atoms with Crippen LogP contribution in [0.25, 0.3) is 10.4 Å². The van der Waals surface area contributed by atoms with Gasteiger partial charge in [-0.3, -0.25) is 0 Å². The molecule has 0 amide bonds. The normalized spacial score (nSPS) is 2.00. The zero-order chi connectivity index (χ0) is 2.71. The Bertz CT molecular complexity index is 24.3. The van der Waals surface area contributed by atoms with Crippen molar-refractivity contribution in [3.8, 4) is 0 Å². The lowest BCUT2D eigenvalue weighted by Crippen LogP contribution is -0.769. The Morgan fingerprint density at radius 1 is 1.75 bits per heavy atom. The molecule has 0 heterocycles. The van der Waals surface area contributed by atoms with Gasteiger partial charge in [0, 0.05) is 8.41 Å². The van der Waals surface area contributed by atoms with Crippen molar-refractivity contribution >= 4 is 8.41 Å². The highest BCUT2D eigenvalue weighted by molar-refractivity contribution is 5.75. The molecule has 3 radical (unpaired) electrons. The molecule has 4 heteroatoms. The molecule has 3 nitrogen and oxygen atoms in total. The summed E-state index contributed by atoms with van der Waals surface area (Å²) in [6.45, 7) is 0. The largest absolute Gasteiger partial charge is 0.108 e. The molecule has 0 aliphatic carbocycles. The zero-order valence-corrected chi connectivity index (χ0v) is 1.97. The van der Waals surface area contributed by atoms with Gasteiger partial charge in [0.2, 0.25) is 0 Å². The average molecular weight is 53.8 g/mol. The quantitative estimate of drug-likeness (QED) is 0.181. The van der Waals surface area contributed by atoms with Gasteiger partial charge in [0.05, 0.1) is 0 Å². The summed E-state index contributed by atoms with van der Waals surface area (Å²) < 4.78 is 0. The van der Waals surface area contributed by atoms with Gasteiger partial charge in [-0.2, -0.15) is 0 Å². The minimum atomic E-state index is 0.